The zero-order chi connectivity index (χ0) is 11.8. The Labute approximate surface area is 93.2 Å². The lowest BCUT2D eigenvalue weighted by Crippen LogP contribution is -2.56. The monoisotopic (exact) mass is 215 g/mol. The van der Waals surface area contributed by atoms with Crippen molar-refractivity contribution >= 4 is 9.68 Å². The van der Waals surface area contributed by atoms with Gasteiger partial charge in [0.15, 0.2) is 0 Å². The van der Waals surface area contributed by atoms with Crippen LogP contribution in [0.3, 0.4) is 0 Å². The van der Waals surface area contributed by atoms with E-state index in [0.717, 1.165) is 0 Å². The molecule has 0 saturated carbocycles. The maximum atomic E-state index is 2.72. The predicted molar refractivity (Wildman–Crippen MR) is 69.6 cm³/mol. The second kappa shape index (κ2) is 3.97. The lowest BCUT2D eigenvalue weighted by Gasteiger charge is -2.48. The average Bonchev–Trinajstić information content (AvgIpc) is 1.75. The first-order chi connectivity index (χ1) is 5.84. The van der Waals surface area contributed by atoms with Crippen molar-refractivity contribution in [1.29, 1.82) is 0 Å². The minimum absolute atomic E-state index is 0.211. The van der Waals surface area contributed by atoms with E-state index in [4.69, 9.17) is 0 Å². The summed E-state index contributed by atoms with van der Waals surface area (Å²) in [5.41, 5.74) is 0.607. The summed E-state index contributed by atoms with van der Waals surface area (Å²) in [7, 11) is -0.211. The van der Waals surface area contributed by atoms with E-state index in [1.165, 1.54) is 0 Å². The van der Waals surface area contributed by atoms with Crippen LogP contribution in [0.15, 0.2) is 0 Å². The molecule has 0 unspecified atom stereocenters. The van der Waals surface area contributed by atoms with Gasteiger partial charge in [0.25, 0.3) is 0 Å². The number of hydrogen-bond donors (Lipinski definition) is 0. The molecule has 0 aromatic carbocycles. The van der Waals surface area contributed by atoms with Crippen molar-refractivity contribution in [2.45, 2.75) is 78.4 Å². The van der Waals surface area contributed by atoms with Crippen LogP contribution < -0.4 is 0 Å². The van der Waals surface area contributed by atoms with E-state index in [1.807, 2.05) is 0 Å². The van der Waals surface area contributed by atoms with Crippen molar-refractivity contribution in [3.63, 3.8) is 0 Å². The SMILES string of the molecule is CC(C)(C)[SiH2]N(C(C)(C)C)C(C)(C)C. The molecule has 0 rings (SSSR count). The van der Waals surface area contributed by atoms with Crippen molar-refractivity contribution in [2.24, 2.45) is 0 Å². The normalized spacial score (nSPS) is 15.9. The van der Waals surface area contributed by atoms with Gasteiger partial charge in [0.05, 0.1) is 0 Å². The van der Waals surface area contributed by atoms with Crippen molar-refractivity contribution in [3.05, 3.63) is 0 Å². The average molecular weight is 215 g/mol. The van der Waals surface area contributed by atoms with Crippen LogP contribution >= 0.6 is 0 Å². The summed E-state index contributed by atoms with van der Waals surface area (Å²) in [5, 5.41) is 0.501. The summed E-state index contributed by atoms with van der Waals surface area (Å²) < 4.78 is 2.72. The lowest BCUT2D eigenvalue weighted by atomic mass is 10.0. The van der Waals surface area contributed by atoms with Crippen LogP contribution in [-0.2, 0) is 0 Å². The predicted octanol–water partition coefficient (Wildman–Crippen LogP) is 3.19. The molecule has 0 heterocycles. The van der Waals surface area contributed by atoms with Crippen LogP contribution in [0, 0.1) is 0 Å². The number of nitrogens with zero attached hydrogens (tertiary/aromatic N) is 1. The van der Waals surface area contributed by atoms with Gasteiger partial charge in [0, 0.05) is 11.1 Å². The first-order valence-electron chi connectivity index (χ1n) is 5.62. The maximum absolute atomic E-state index is 2.72. The fourth-order valence-electron chi connectivity index (χ4n) is 1.95. The summed E-state index contributed by atoms with van der Waals surface area (Å²) in [6.07, 6.45) is 0. The molecule has 0 bridgehead atoms. The zero-order valence-electron chi connectivity index (χ0n) is 11.7. The van der Waals surface area contributed by atoms with Crippen LogP contribution in [0.2, 0.25) is 5.04 Å². The molecule has 0 amide bonds. The van der Waals surface area contributed by atoms with Crippen LogP contribution in [0.25, 0.3) is 0 Å². The molecule has 86 valence electrons. The summed E-state index contributed by atoms with van der Waals surface area (Å²) in [4.78, 5) is 0. The summed E-state index contributed by atoms with van der Waals surface area (Å²) in [5.74, 6) is 0. The Morgan fingerprint density at radius 3 is 1.00 bits per heavy atom. The van der Waals surface area contributed by atoms with Crippen LogP contribution in [0.5, 0.6) is 0 Å². The third kappa shape index (κ3) is 5.16. The number of hydrogen-bond acceptors (Lipinski definition) is 1. The first kappa shape index (κ1) is 14.2. The van der Waals surface area contributed by atoms with E-state index < -0.39 is 0 Å². The van der Waals surface area contributed by atoms with E-state index in [-0.39, 0.29) is 9.68 Å². The van der Waals surface area contributed by atoms with Crippen LogP contribution in [-0.4, -0.2) is 25.3 Å². The molecule has 1 nitrogen and oxygen atoms in total. The van der Waals surface area contributed by atoms with E-state index >= 15 is 0 Å². The van der Waals surface area contributed by atoms with Crippen molar-refractivity contribution in [2.75, 3.05) is 0 Å². The van der Waals surface area contributed by atoms with E-state index in [1.54, 1.807) is 0 Å². The fraction of sp³-hybridized carbons (Fsp3) is 1.00. The molecule has 0 N–H and O–H groups in total. The topological polar surface area (TPSA) is 3.24 Å². The van der Waals surface area contributed by atoms with E-state index in [2.05, 4.69) is 66.9 Å². The largest absolute Gasteiger partial charge is 0.320 e. The second-order valence-electron chi connectivity index (χ2n) is 7.49. The molecular formula is C12H29NSi. The lowest BCUT2D eigenvalue weighted by molar-refractivity contribution is 0.134. The van der Waals surface area contributed by atoms with Gasteiger partial charge in [-0.25, -0.2) is 0 Å². The van der Waals surface area contributed by atoms with E-state index in [9.17, 15) is 0 Å². The molecular weight excluding hydrogens is 186 g/mol. The standard InChI is InChI=1S/C12H29NSi/c1-10(2,3)13(11(4,5)6)14-12(7,8)9/h14H2,1-9H3. The Hall–Kier alpha value is 0.177. The van der Waals surface area contributed by atoms with Crippen LogP contribution in [0.4, 0.5) is 0 Å². The van der Waals surface area contributed by atoms with Gasteiger partial charge in [-0.3, -0.25) is 0 Å². The molecule has 0 spiro atoms. The highest BCUT2D eigenvalue weighted by atomic mass is 28.2. The molecule has 2 heteroatoms. The molecule has 0 saturated heterocycles. The van der Waals surface area contributed by atoms with Gasteiger partial charge in [-0.1, -0.05) is 20.8 Å². The quantitative estimate of drug-likeness (QED) is 0.607. The smallest absolute Gasteiger partial charge is 0.102 e. The molecule has 14 heavy (non-hydrogen) atoms. The second-order valence-corrected chi connectivity index (χ2v) is 10.6. The van der Waals surface area contributed by atoms with E-state index in [0.29, 0.717) is 16.1 Å². The Balaban J connectivity index is 4.78. The summed E-state index contributed by atoms with van der Waals surface area (Å²) >= 11 is 0. The highest BCUT2D eigenvalue weighted by molar-refractivity contribution is 6.36. The highest BCUT2D eigenvalue weighted by Gasteiger charge is 2.34. The van der Waals surface area contributed by atoms with Gasteiger partial charge in [-0.05, 0) is 46.6 Å². The minimum atomic E-state index is -0.211. The fourth-order valence-corrected chi connectivity index (χ4v) is 3.85. The van der Waals surface area contributed by atoms with Gasteiger partial charge >= 0.3 is 0 Å². The third-order valence-electron chi connectivity index (χ3n) is 2.25. The molecule has 0 aliphatic rings. The Kier molecular flexibility index (Phi) is 4.02. The Morgan fingerprint density at radius 2 is 0.929 bits per heavy atom. The van der Waals surface area contributed by atoms with Crippen LogP contribution in [0.1, 0.15) is 62.3 Å². The summed E-state index contributed by atoms with van der Waals surface area (Å²) in [6, 6.07) is 0. The molecule has 0 fully saturated rings. The third-order valence-corrected chi connectivity index (χ3v) is 5.41. The summed E-state index contributed by atoms with van der Waals surface area (Å²) in [6.45, 7) is 21.1. The molecule has 0 aliphatic carbocycles. The molecule has 0 radical (unpaired) electrons. The molecule has 0 atom stereocenters. The maximum Gasteiger partial charge on any atom is 0.102 e. The van der Waals surface area contributed by atoms with Gasteiger partial charge in [0.2, 0.25) is 0 Å². The van der Waals surface area contributed by atoms with Gasteiger partial charge in [-0.15, -0.1) is 0 Å². The number of rotatable bonds is 1. The van der Waals surface area contributed by atoms with Crippen molar-refractivity contribution in [3.8, 4) is 0 Å². The van der Waals surface area contributed by atoms with Gasteiger partial charge < -0.3 is 4.57 Å². The Morgan fingerprint density at radius 1 is 0.643 bits per heavy atom. The molecule has 0 aliphatic heterocycles. The van der Waals surface area contributed by atoms with Crippen molar-refractivity contribution < 1.29 is 0 Å². The zero-order valence-corrected chi connectivity index (χ0v) is 13.1. The first-order valence-corrected chi connectivity index (χ1v) is 6.96. The molecule has 0 aromatic rings. The minimum Gasteiger partial charge on any atom is -0.320 e. The highest BCUT2D eigenvalue weighted by Crippen LogP contribution is 2.31. The van der Waals surface area contributed by atoms with Gasteiger partial charge in [0.1, 0.15) is 9.68 Å². The van der Waals surface area contributed by atoms with Crippen molar-refractivity contribution in [1.82, 2.24) is 4.57 Å². The Bertz CT molecular complexity index is 164. The van der Waals surface area contributed by atoms with Gasteiger partial charge in [-0.2, -0.15) is 0 Å². The molecule has 0 aromatic heterocycles.